The summed E-state index contributed by atoms with van der Waals surface area (Å²) in [6.07, 6.45) is 2.83. The zero-order chi connectivity index (χ0) is 16.3. The highest BCUT2D eigenvalue weighted by Gasteiger charge is 2.28. The molecule has 1 amide bonds. The number of likely N-dealkylation sites (tertiary alicyclic amines) is 1. The first kappa shape index (κ1) is 15.8. The van der Waals surface area contributed by atoms with Gasteiger partial charge in [-0.3, -0.25) is 4.79 Å². The van der Waals surface area contributed by atoms with Crippen LogP contribution in [-0.4, -0.2) is 23.9 Å². The van der Waals surface area contributed by atoms with Gasteiger partial charge in [0.2, 0.25) is 5.91 Å². The van der Waals surface area contributed by atoms with Crippen LogP contribution < -0.4 is 0 Å². The third kappa shape index (κ3) is 4.01. The number of benzene rings is 2. The summed E-state index contributed by atoms with van der Waals surface area (Å²) >= 11 is 0. The van der Waals surface area contributed by atoms with Crippen LogP contribution in [0.5, 0.6) is 0 Å². The largest absolute Gasteiger partial charge is 0.342 e. The van der Waals surface area contributed by atoms with Gasteiger partial charge < -0.3 is 4.90 Å². The maximum absolute atomic E-state index is 12.5. The topological polar surface area (TPSA) is 20.3 Å². The SMILES string of the molecule is CC1(C)CCCN(C(=O)Cc2ccc(-c3ccccc3)cc2)C1. The summed E-state index contributed by atoms with van der Waals surface area (Å²) in [4.78, 5) is 14.6. The predicted molar refractivity (Wildman–Crippen MR) is 95.2 cm³/mol. The first-order valence-electron chi connectivity index (χ1n) is 8.46. The third-order valence-electron chi connectivity index (χ3n) is 4.67. The summed E-state index contributed by atoms with van der Waals surface area (Å²) < 4.78 is 0. The molecular weight excluding hydrogens is 282 g/mol. The molecule has 2 aromatic rings. The van der Waals surface area contributed by atoms with E-state index in [1.807, 2.05) is 23.1 Å². The zero-order valence-corrected chi connectivity index (χ0v) is 14.1. The normalized spacial score (nSPS) is 17.0. The minimum absolute atomic E-state index is 0.255. The number of carbonyl (C=O) groups excluding carboxylic acids is 1. The Morgan fingerprint density at radius 1 is 1.00 bits per heavy atom. The Labute approximate surface area is 139 Å². The number of nitrogens with zero attached hydrogens (tertiary/aromatic N) is 1. The van der Waals surface area contributed by atoms with E-state index in [-0.39, 0.29) is 11.3 Å². The van der Waals surface area contributed by atoms with Crippen molar-refractivity contribution in [2.75, 3.05) is 13.1 Å². The van der Waals surface area contributed by atoms with Crippen LogP contribution in [0.1, 0.15) is 32.3 Å². The monoisotopic (exact) mass is 307 g/mol. The number of carbonyl (C=O) groups is 1. The minimum Gasteiger partial charge on any atom is -0.342 e. The average molecular weight is 307 g/mol. The van der Waals surface area contributed by atoms with E-state index < -0.39 is 0 Å². The van der Waals surface area contributed by atoms with Crippen molar-refractivity contribution < 1.29 is 4.79 Å². The van der Waals surface area contributed by atoms with Crippen molar-refractivity contribution in [3.05, 3.63) is 60.2 Å². The molecule has 23 heavy (non-hydrogen) atoms. The van der Waals surface area contributed by atoms with Crippen molar-refractivity contribution in [2.24, 2.45) is 5.41 Å². The molecule has 120 valence electrons. The molecule has 2 aromatic carbocycles. The van der Waals surface area contributed by atoms with E-state index in [1.165, 1.54) is 17.5 Å². The fraction of sp³-hybridized carbons (Fsp3) is 0.381. The fourth-order valence-electron chi connectivity index (χ4n) is 3.37. The summed E-state index contributed by atoms with van der Waals surface area (Å²) in [5, 5.41) is 0. The van der Waals surface area contributed by atoms with E-state index in [2.05, 4.69) is 50.2 Å². The molecule has 1 aliphatic heterocycles. The summed E-state index contributed by atoms with van der Waals surface area (Å²) in [6, 6.07) is 18.7. The van der Waals surface area contributed by atoms with Gasteiger partial charge in [-0.25, -0.2) is 0 Å². The van der Waals surface area contributed by atoms with Gasteiger partial charge in [0.15, 0.2) is 0 Å². The van der Waals surface area contributed by atoms with Crippen molar-refractivity contribution in [3.8, 4) is 11.1 Å². The molecule has 3 rings (SSSR count). The lowest BCUT2D eigenvalue weighted by Gasteiger charge is -2.38. The van der Waals surface area contributed by atoms with Crippen molar-refractivity contribution >= 4 is 5.91 Å². The van der Waals surface area contributed by atoms with Gasteiger partial charge in [0.25, 0.3) is 0 Å². The van der Waals surface area contributed by atoms with Crippen LogP contribution in [0, 0.1) is 5.41 Å². The van der Waals surface area contributed by atoms with Gasteiger partial charge in [-0.05, 0) is 34.9 Å². The highest BCUT2D eigenvalue weighted by Crippen LogP contribution is 2.28. The molecule has 0 bridgehead atoms. The molecular formula is C21H25NO. The van der Waals surface area contributed by atoms with Crippen LogP contribution in [0.25, 0.3) is 11.1 Å². The van der Waals surface area contributed by atoms with Crippen LogP contribution in [0.4, 0.5) is 0 Å². The van der Waals surface area contributed by atoms with Crippen molar-refractivity contribution in [1.82, 2.24) is 4.90 Å². The molecule has 1 aliphatic rings. The number of amides is 1. The van der Waals surface area contributed by atoms with Gasteiger partial charge in [0.1, 0.15) is 0 Å². The number of hydrogen-bond acceptors (Lipinski definition) is 1. The van der Waals surface area contributed by atoms with E-state index in [0.29, 0.717) is 6.42 Å². The second-order valence-electron chi connectivity index (χ2n) is 7.32. The molecule has 0 radical (unpaired) electrons. The average Bonchev–Trinajstić information content (AvgIpc) is 2.55. The van der Waals surface area contributed by atoms with E-state index in [4.69, 9.17) is 0 Å². The lowest BCUT2D eigenvalue weighted by molar-refractivity contribution is -0.133. The highest BCUT2D eigenvalue weighted by molar-refractivity contribution is 5.79. The second kappa shape index (κ2) is 6.57. The zero-order valence-electron chi connectivity index (χ0n) is 14.1. The Kier molecular flexibility index (Phi) is 4.51. The standard InChI is InChI=1S/C21H25NO/c1-21(2)13-6-14-22(16-21)20(23)15-17-9-11-19(12-10-17)18-7-4-3-5-8-18/h3-5,7-12H,6,13-16H2,1-2H3. The number of hydrogen-bond donors (Lipinski definition) is 0. The molecule has 1 heterocycles. The molecule has 0 spiro atoms. The molecule has 2 nitrogen and oxygen atoms in total. The van der Waals surface area contributed by atoms with Crippen LogP contribution in [0.2, 0.25) is 0 Å². The molecule has 0 atom stereocenters. The third-order valence-corrected chi connectivity index (χ3v) is 4.67. The van der Waals surface area contributed by atoms with E-state index >= 15 is 0 Å². The van der Waals surface area contributed by atoms with Gasteiger partial charge in [-0.1, -0.05) is 68.4 Å². The number of piperidine rings is 1. The van der Waals surface area contributed by atoms with E-state index in [9.17, 15) is 4.79 Å². The Balaban J connectivity index is 1.65. The lowest BCUT2D eigenvalue weighted by atomic mass is 9.84. The van der Waals surface area contributed by atoms with Crippen LogP contribution in [-0.2, 0) is 11.2 Å². The second-order valence-corrected chi connectivity index (χ2v) is 7.32. The first-order valence-corrected chi connectivity index (χ1v) is 8.46. The molecule has 0 aliphatic carbocycles. The maximum Gasteiger partial charge on any atom is 0.227 e. The fourth-order valence-corrected chi connectivity index (χ4v) is 3.37. The molecule has 2 heteroatoms. The lowest BCUT2D eigenvalue weighted by Crippen LogP contribution is -2.44. The first-order chi connectivity index (χ1) is 11.0. The molecule has 0 unspecified atom stereocenters. The summed E-state index contributed by atoms with van der Waals surface area (Å²) in [6.45, 7) is 6.29. The van der Waals surface area contributed by atoms with Gasteiger partial charge >= 0.3 is 0 Å². The van der Waals surface area contributed by atoms with Gasteiger partial charge in [0.05, 0.1) is 6.42 Å². The van der Waals surface area contributed by atoms with Crippen molar-refractivity contribution in [2.45, 2.75) is 33.1 Å². The van der Waals surface area contributed by atoms with Gasteiger partial charge in [-0.2, -0.15) is 0 Å². The van der Waals surface area contributed by atoms with Crippen molar-refractivity contribution in [1.29, 1.82) is 0 Å². The Hall–Kier alpha value is -2.09. The van der Waals surface area contributed by atoms with Gasteiger partial charge in [-0.15, -0.1) is 0 Å². The Morgan fingerprint density at radius 3 is 2.30 bits per heavy atom. The Bertz CT molecular complexity index is 658. The molecule has 0 N–H and O–H groups in total. The summed E-state index contributed by atoms with van der Waals surface area (Å²) in [7, 11) is 0. The van der Waals surface area contributed by atoms with Crippen LogP contribution in [0.15, 0.2) is 54.6 Å². The smallest absolute Gasteiger partial charge is 0.227 e. The molecule has 0 aromatic heterocycles. The van der Waals surface area contributed by atoms with Crippen LogP contribution >= 0.6 is 0 Å². The van der Waals surface area contributed by atoms with Crippen LogP contribution in [0.3, 0.4) is 0 Å². The predicted octanol–water partition coefficient (Wildman–Crippen LogP) is 4.54. The van der Waals surface area contributed by atoms with E-state index in [1.54, 1.807) is 0 Å². The van der Waals surface area contributed by atoms with E-state index in [0.717, 1.165) is 25.1 Å². The Morgan fingerprint density at radius 2 is 1.65 bits per heavy atom. The minimum atomic E-state index is 0.255. The number of rotatable bonds is 3. The summed E-state index contributed by atoms with van der Waals surface area (Å²) in [5.74, 6) is 0.255. The quantitative estimate of drug-likeness (QED) is 0.815. The van der Waals surface area contributed by atoms with Crippen molar-refractivity contribution in [3.63, 3.8) is 0 Å². The highest BCUT2D eigenvalue weighted by atomic mass is 16.2. The van der Waals surface area contributed by atoms with Gasteiger partial charge in [0, 0.05) is 13.1 Å². The maximum atomic E-state index is 12.5. The molecule has 1 saturated heterocycles. The molecule has 1 fully saturated rings. The molecule has 0 saturated carbocycles. The summed E-state index contributed by atoms with van der Waals surface area (Å²) in [5.41, 5.74) is 3.76.